The number of nitrogens with two attached hydrogens (primary N) is 1. The minimum atomic E-state index is 0.607. The zero-order chi connectivity index (χ0) is 10.8. The standard InChI is InChI=1S/C11H21NO2/c1-4-10(5-6-12)7-11(8-13-2)9-14-3/h4,7H,5-6,8-9,12H2,1-3H3/b10-4-. The predicted molar refractivity (Wildman–Crippen MR) is 59.3 cm³/mol. The van der Waals surface area contributed by atoms with E-state index in [1.54, 1.807) is 14.2 Å². The van der Waals surface area contributed by atoms with Gasteiger partial charge in [0.15, 0.2) is 0 Å². The second-order valence-electron chi connectivity index (χ2n) is 3.07. The first-order valence-corrected chi connectivity index (χ1v) is 4.81. The van der Waals surface area contributed by atoms with Crippen LogP contribution in [0.5, 0.6) is 0 Å². The SMILES string of the molecule is C/C=C(\C=C(COC)COC)CCN. The van der Waals surface area contributed by atoms with Crippen LogP contribution < -0.4 is 5.73 Å². The summed E-state index contributed by atoms with van der Waals surface area (Å²) in [5.74, 6) is 0. The van der Waals surface area contributed by atoms with E-state index in [1.165, 1.54) is 5.57 Å². The minimum absolute atomic E-state index is 0.607. The van der Waals surface area contributed by atoms with E-state index in [0.29, 0.717) is 19.8 Å². The zero-order valence-corrected chi connectivity index (χ0v) is 9.38. The van der Waals surface area contributed by atoms with E-state index < -0.39 is 0 Å². The van der Waals surface area contributed by atoms with Crippen LogP contribution in [0.3, 0.4) is 0 Å². The smallest absolute Gasteiger partial charge is 0.0698 e. The van der Waals surface area contributed by atoms with Crippen LogP contribution in [0.25, 0.3) is 0 Å². The fourth-order valence-corrected chi connectivity index (χ4v) is 1.22. The summed E-state index contributed by atoms with van der Waals surface area (Å²) in [5, 5.41) is 0. The molecule has 14 heavy (non-hydrogen) atoms. The van der Waals surface area contributed by atoms with Crippen molar-refractivity contribution in [3.05, 3.63) is 23.3 Å². The molecule has 0 aromatic rings. The number of hydrogen-bond acceptors (Lipinski definition) is 3. The van der Waals surface area contributed by atoms with Crippen LogP contribution in [0.2, 0.25) is 0 Å². The van der Waals surface area contributed by atoms with E-state index in [2.05, 4.69) is 12.2 Å². The van der Waals surface area contributed by atoms with Crippen LogP contribution in [-0.2, 0) is 9.47 Å². The average Bonchev–Trinajstić information content (AvgIpc) is 2.18. The van der Waals surface area contributed by atoms with Crippen LogP contribution in [0, 0.1) is 0 Å². The summed E-state index contributed by atoms with van der Waals surface area (Å²) < 4.78 is 10.1. The molecule has 0 aromatic heterocycles. The number of allylic oxidation sites excluding steroid dienone is 2. The molecule has 0 radical (unpaired) electrons. The van der Waals surface area contributed by atoms with Gasteiger partial charge < -0.3 is 15.2 Å². The van der Waals surface area contributed by atoms with E-state index in [4.69, 9.17) is 15.2 Å². The highest BCUT2D eigenvalue weighted by Crippen LogP contribution is 2.07. The molecule has 0 aromatic carbocycles. The molecule has 2 N–H and O–H groups in total. The largest absolute Gasteiger partial charge is 0.380 e. The summed E-state index contributed by atoms with van der Waals surface area (Å²) in [6, 6.07) is 0. The molecular weight excluding hydrogens is 178 g/mol. The molecule has 0 bridgehead atoms. The number of rotatable bonds is 7. The van der Waals surface area contributed by atoms with Gasteiger partial charge in [-0.2, -0.15) is 0 Å². The van der Waals surface area contributed by atoms with Gasteiger partial charge in [0, 0.05) is 14.2 Å². The molecular formula is C11H21NO2. The van der Waals surface area contributed by atoms with Crippen molar-refractivity contribution in [2.75, 3.05) is 34.0 Å². The zero-order valence-electron chi connectivity index (χ0n) is 9.38. The van der Waals surface area contributed by atoms with Crippen LogP contribution in [0.1, 0.15) is 13.3 Å². The third kappa shape index (κ3) is 5.91. The van der Waals surface area contributed by atoms with Gasteiger partial charge in [-0.15, -0.1) is 0 Å². The normalized spacial score (nSPS) is 11.6. The highest BCUT2D eigenvalue weighted by molar-refractivity contribution is 5.24. The molecule has 0 atom stereocenters. The molecule has 0 spiro atoms. The van der Waals surface area contributed by atoms with E-state index >= 15 is 0 Å². The van der Waals surface area contributed by atoms with Crippen molar-refractivity contribution < 1.29 is 9.47 Å². The second kappa shape index (κ2) is 8.94. The molecule has 0 saturated heterocycles. The summed E-state index contributed by atoms with van der Waals surface area (Å²) in [5.41, 5.74) is 7.86. The maximum atomic E-state index is 5.50. The highest BCUT2D eigenvalue weighted by Gasteiger charge is 1.98. The summed E-state index contributed by atoms with van der Waals surface area (Å²) in [6.45, 7) is 3.90. The lowest BCUT2D eigenvalue weighted by Crippen LogP contribution is -2.04. The van der Waals surface area contributed by atoms with E-state index in [-0.39, 0.29) is 0 Å². The van der Waals surface area contributed by atoms with Gasteiger partial charge in [0.1, 0.15) is 0 Å². The first-order valence-electron chi connectivity index (χ1n) is 4.81. The molecule has 0 heterocycles. The van der Waals surface area contributed by atoms with Crippen LogP contribution in [-0.4, -0.2) is 34.0 Å². The van der Waals surface area contributed by atoms with Crippen LogP contribution >= 0.6 is 0 Å². The molecule has 0 rings (SSSR count). The molecule has 0 amide bonds. The lowest BCUT2D eigenvalue weighted by Gasteiger charge is -2.06. The topological polar surface area (TPSA) is 44.5 Å². The minimum Gasteiger partial charge on any atom is -0.380 e. The van der Waals surface area contributed by atoms with Gasteiger partial charge in [-0.1, -0.05) is 17.7 Å². The quantitative estimate of drug-likeness (QED) is 0.632. The molecule has 3 nitrogen and oxygen atoms in total. The van der Waals surface area contributed by atoms with E-state index in [9.17, 15) is 0 Å². The van der Waals surface area contributed by atoms with Crippen LogP contribution in [0.15, 0.2) is 23.3 Å². The Morgan fingerprint density at radius 3 is 2.14 bits per heavy atom. The van der Waals surface area contributed by atoms with Crippen molar-refractivity contribution in [1.29, 1.82) is 0 Å². The molecule has 0 aliphatic rings. The molecule has 0 aliphatic carbocycles. The predicted octanol–water partition coefficient (Wildman–Crippen LogP) is 1.50. The third-order valence-electron chi connectivity index (χ3n) is 1.85. The van der Waals surface area contributed by atoms with Crippen molar-refractivity contribution in [2.45, 2.75) is 13.3 Å². The third-order valence-corrected chi connectivity index (χ3v) is 1.85. The summed E-state index contributed by atoms with van der Waals surface area (Å²) in [7, 11) is 3.36. The van der Waals surface area contributed by atoms with Gasteiger partial charge in [0.25, 0.3) is 0 Å². The fourth-order valence-electron chi connectivity index (χ4n) is 1.22. The van der Waals surface area contributed by atoms with Crippen molar-refractivity contribution in [2.24, 2.45) is 5.73 Å². The Morgan fingerprint density at radius 2 is 1.79 bits per heavy atom. The van der Waals surface area contributed by atoms with Crippen molar-refractivity contribution in [3.63, 3.8) is 0 Å². The van der Waals surface area contributed by atoms with Gasteiger partial charge in [0.2, 0.25) is 0 Å². The van der Waals surface area contributed by atoms with Gasteiger partial charge >= 0.3 is 0 Å². The summed E-state index contributed by atoms with van der Waals surface area (Å²) in [6.07, 6.45) is 5.06. The molecule has 0 unspecified atom stereocenters. The van der Waals surface area contributed by atoms with Crippen molar-refractivity contribution >= 4 is 0 Å². The lowest BCUT2D eigenvalue weighted by atomic mass is 10.1. The van der Waals surface area contributed by atoms with Crippen LogP contribution in [0.4, 0.5) is 0 Å². The monoisotopic (exact) mass is 199 g/mol. The Kier molecular flexibility index (Phi) is 8.53. The van der Waals surface area contributed by atoms with Gasteiger partial charge in [0.05, 0.1) is 13.2 Å². The van der Waals surface area contributed by atoms with Crippen molar-refractivity contribution in [3.8, 4) is 0 Å². The van der Waals surface area contributed by atoms with Gasteiger partial charge in [-0.3, -0.25) is 0 Å². The maximum Gasteiger partial charge on any atom is 0.0698 e. The van der Waals surface area contributed by atoms with Gasteiger partial charge in [-0.25, -0.2) is 0 Å². The van der Waals surface area contributed by atoms with Gasteiger partial charge in [-0.05, 0) is 25.5 Å². The summed E-state index contributed by atoms with van der Waals surface area (Å²) >= 11 is 0. The molecule has 0 aliphatic heterocycles. The first-order chi connectivity index (χ1) is 6.78. The fraction of sp³-hybridized carbons (Fsp3) is 0.636. The Bertz CT molecular complexity index is 189. The highest BCUT2D eigenvalue weighted by atomic mass is 16.5. The van der Waals surface area contributed by atoms with E-state index in [1.807, 2.05) is 6.92 Å². The molecule has 3 heteroatoms. The second-order valence-corrected chi connectivity index (χ2v) is 3.07. The van der Waals surface area contributed by atoms with E-state index in [0.717, 1.165) is 12.0 Å². The number of hydrogen-bond donors (Lipinski definition) is 1. The first kappa shape index (κ1) is 13.4. The average molecular weight is 199 g/mol. The number of ether oxygens (including phenoxy) is 2. The Balaban J connectivity index is 4.34. The Morgan fingerprint density at radius 1 is 1.21 bits per heavy atom. The summed E-state index contributed by atoms with van der Waals surface area (Å²) in [4.78, 5) is 0. The molecule has 82 valence electrons. The molecule has 0 saturated carbocycles. The molecule has 0 fully saturated rings. The Hall–Kier alpha value is -0.640. The lowest BCUT2D eigenvalue weighted by molar-refractivity contribution is 0.181. The maximum absolute atomic E-state index is 5.50. The van der Waals surface area contributed by atoms with Crippen molar-refractivity contribution in [1.82, 2.24) is 0 Å². The number of methoxy groups -OCH3 is 2. The Labute approximate surface area is 86.6 Å².